The molecule has 0 radical (unpaired) electrons. The van der Waals surface area contributed by atoms with E-state index in [1.54, 1.807) is 18.3 Å². The summed E-state index contributed by atoms with van der Waals surface area (Å²) in [6, 6.07) is 14.9. The van der Waals surface area contributed by atoms with Crippen molar-refractivity contribution in [1.82, 2.24) is 4.98 Å². The summed E-state index contributed by atoms with van der Waals surface area (Å²) in [6.07, 6.45) is 1.58. The molecule has 0 unspecified atom stereocenters. The van der Waals surface area contributed by atoms with E-state index in [9.17, 15) is 5.26 Å². The molecule has 2 aromatic carbocycles. The van der Waals surface area contributed by atoms with E-state index in [4.69, 9.17) is 4.42 Å². The first-order chi connectivity index (χ1) is 11.8. The standard InChI is InChI=1S/C19H10BrFN2O/c20-9-13-14(10-22)18-16(12-7-4-8-23-19(12)24-18)17(21)15(13)11-5-2-1-3-6-11/h1-8H,9H2. The minimum Gasteiger partial charge on any atom is -0.436 e. The van der Waals surface area contributed by atoms with Crippen molar-refractivity contribution < 1.29 is 8.81 Å². The Hall–Kier alpha value is -2.71. The molecule has 4 aromatic rings. The van der Waals surface area contributed by atoms with Crippen molar-refractivity contribution >= 4 is 38.0 Å². The molecule has 0 saturated carbocycles. The Labute approximate surface area is 145 Å². The van der Waals surface area contributed by atoms with Crippen LogP contribution in [0.3, 0.4) is 0 Å². The van der Waals surface area contributed by atoms with Crippen molar-refractivity contribution in [2.45, 2.75) is 5.33 Å². The summed E-state index contributed by atoms with van der Waals surface area (Å²) in [5, 5.41) is 10.9. The van der Waals surface area contributed by atoms with Crippen LogP contribution in [-0.4, -0.2) is 4.98 Å². The topological polar surface area (TPSA) is 49.8 Å². The number of halogens is 2. The third kappa shape index (κ3) is 2.04. The van der Waals surface area contributed by atoms with Crippen LogP contribution in [0.1, 0.15) is 11.1 Å². The van der Waals surface area contributed by atoms with Crippen molar-refractivity contribution in [2.24, 2.45) is 0 Å². The van der Waals surface area contributed by atoms with E-state index in [0.29, 0.717) is 38.5 Å². The molecular weight excluding hydrogens is 371 g/mol. The second-order valence-electron chi connectivity index (χ2n) is 5.32. The summed E-state index contributed by atoms with van der Waals surface area (Å²) in [5.74, 6) is -0.392. The first-order valence-electron chi connectivity index (χ1n) is 7.29. The van der Waals surface area contributed by atoms with Gasteiger partial charge in [0.2, 0.25) is 5.71 Å². The summed E-state index contributed by atoms with van der Waals surface area (Å²) in [4.78, 5) is 4.14. The maximum atomic E-state index is 15.5. The van der Waals surface area contributed by atoms with Gasteiger partial charge < -0.3 is 4.42 Å². The molecule has 0 aliphatic rings. The van der Waals surface area contributed by atoms with Crippen LogP contribution in [0.5, 0.6) is 0 Å². The van der Waals surface area contributed by atoms with Gasteiger partial charge in [-0.1, -0.05) is 46.3 Å². The van der Waals surface area contributed by atoms with Crippen LogP contribution in [0.2, 0.25) is 0 Å². The summed E-state index contributed by atoms with van der Waals surface area (Å²) >= 11 is 3.39. The van der Waals surface area contributed by atoms with E-state index in [-0.39, 0.29) is 5.58 Å². The van der Waals surface area contributed by atoms with Crippen molar-refractivity contribution in [2.75, 3.05) is 0 Å². The van der Waals surface area contributed by atoms with Crippen LogP contribution in [-0.2, 0) is 5.33 Å². The van der Waals surface area contributed by atoms with Gasteiger partial charge in [-0.3, -0.25) is 0 Å². The highest BCUT2D eigenvalue weighted by molar-refractivity contribution is 9.08. The van der Waals surface area contributed by atoms with Crippen LogP contribution >= 0.6 is 15.9 Å². The van der Waals surface area contributed by atoms with Gasteiger partial charge in [-0.25, -0.2) is 9.37 Å². The van der Waals surface area contributed by atoms with Gasteiger partial charge >= 0.3 is 0 Å². The quantitative estimate of drug-likeness (QED) is 0.428. The number of furan rings is 1. The Balaban J connectivity index is 2.26. The molecule has 116 valence electrons. The number of nitriles is 1. The Morgan fingerprint density at radius 1 is 1.17 bits per heavy atom. The second kappa shape index (κ2) is 5.73. The lowest BCUT2D eigenvalue weighted by molar-refractivity contribution is 0.631. The van der Waals surface area contributed by atoms with Crippen molar-refractivity contribution in [1.29, 1.82) is 5.26 Å². The zero-order valence-corrected chi connectivity index (χ0v) is 14.0. The van der Waals surface area contributed by atoms with Gasteiger partial charge in [-0.15, -0.1) is 0 Å². The maximum absolute atomic E-state index is 15.5. The lowest BCUT2D eigenvalue weighted by Crippen LogP contribution is -1.97. The number of pyridine rings is 1. The molecule has 0 atom stereocenters. The first-order valence-corrected chi connectivity index (χ1v) is 8.41. The van der Waals surface area contributed by atoms with Gasteiger partial charge in [-0.05, 0) is 23.3 Å². The second-order valence-corrected chi connectivity index (χ2v) is 5.88. The molecule has 2 aromatic heterocycles. The summed E-state index contributed by atoms with van der Waals surface area (Å²) in [7, 11) is 0. The van der Waals surface area contributed by atoms with Crippen LogP contribution in [0.25, 0.3) is 33.2 Å². The maximum Gasteiger partial charge on any atom is 0.227 e. The van der Waals surface area contributed by atoms with Crippen LogP contribution < -0.4 is 0 Å². The van der Waals surface area contributed by atoms with Crippen molar-refractivity contribution in [3.05, 3.63) is 65.6 Å². The number of aromatic nitrogens is 1. The molecule has 0 amide bonds. The summed E-state index contributed by atoms with van der Waals surface area (Å²) in [6.45, 7) is 0. The number of benzene rings is 2. The Morgan fingerprint density at radius 2 is 1.96 bits per heavy atom. The number of hydrogen-bond donors (Lipinski definition) is 0. The zero-order chi connectivity index (χ0) is 16.7. The Kier molecular flexibility index (Phi) is 3.55. The van der Waals surface area contributed by atoms with Gasteiger partial charge in [0.1, 0.15) is 17.4 Å². The van der Waals surface area contributed by atoms with Gasteiger partial charge in [0.15, 0.2) is 5.58 Å². The molecule has 0 fully saturated rings. The highest BCUT2D eigenvalue weighted by Gasteiger charge is 2.25. The number of hydrogen-bond acceptors (Lipinski definition) is 3. The molecule has 24 heavy (non-hydrogen) atoms. The number of nitrogens with zero attached hydrogens (tertiary/aromatic N) is 2. The number of fused-ring (bicyclic) bond motifs is 3. The molecule has 5 heteroatoms. The Morgan fingerprint density at radius 3 is 2.67 bits per heavy atom. The highest BCUT2D eigenvalue weighted by Crippen LogP contribution is 2.40. The zero-order valence-electron chi connectivity index (χ0n) is 12.4. The average molecular weight is 381 g/mol. The minimum atomic E-state index is -0.392. The first kappa shape index (κ1) is 14.9. The molecular formula is C19H10BrFN2O. The fourth-order valence-corrected chi connectivity index (χ4v) is 3.56. The fraction of sp³-hybridized carbons (Fsp3) is 0.0526. The van der Waals surface area contributed by atoms with Crippen molar-refractivity contribution in [3.63, 3.8) is 0 Å². The van der Waals surface area contributed by atoms with E-state index < -0.39 is 5.82 Å². The predicted octanol–water partition coefficient (Wildman–Crippen LogP) is 5.55. The fourth-order valence-electron chi connectivity index (χ4n) is 3.00. The SMILES string of the molecule is N#Cc1c(CBr)c(-c2ccccc2)c(F)c2c1oc1ncccc12. The highest BCUT2D eigenvalue weighted by atomic mass is 79.9. The van der Waals surface area contributed by atoms with Gasteiger partial charge in [0.05, 0.1) is 10.8 Å². The van der Waals surface area contributed by atoms with Gasteiger partial charge in [0.25, 0.3) is 0 Å². The molecule has 0 saturated heterocycles. The summed E-state index contributed by atoms with van der Waals surface area (Å²) < 4.78 is 21.2. The predicted molar refractivity (Wildman–Crippen MR) is 94.3 cm³/mol. The third-order valence-corrected chi connectivity index (χ3v) is 4.60. The normalized spacial score (nSPS) is 11.0. The van der Waals surface area contributed by atoms with E-state index >= 15 is 4.39 Å². The van der Waals surface area contributed by atoms with Crippen LogP contribution in [0, 0.1) is 17.1 Å². The Bertz CT molecular complexity index is 1110. The average Bonchev–Trinajstić information content (AvgIpc) is 3.01. The summed E-state index contributed by atoms with van der Waals surface area (Å²) in [5.41, 5.74) is 2.63. The lowest BCUT2D eigenvalue weighted by Gasteiger charge is -2.12. The van der Waals surface area contributed by atoms with E-state index in [1.165, 1.54) is 0 Å². The molecule has 0 spiro atoms. The number of rotatable bonds is 2. The molecule has 0 N–H and O–H groups in total. The van der Waals surface area contributed by atoms with E-state index in [2.05, 4.69) is 27.0 Å². The van der Waals surface area contributed by atoms with Crippen molar-refractivity contribution in [3.8, 4) is 17.2 Å². The molecule has 0 aliphatic heterocycles. The van der Waals surface area contributed by atoms with E-state index in [1.807, 2.05) is 30.3 Å². The van der Waals surface area contributed by atoms with Crippen LogP contribution in [0.4, 0.5) is 4.39 Å². The van der Waals surface area contributed by atoms with Gasteiger partial charge in [0, 0.05) is 17.1 Å². The van der Waals surface area contributed by atoms with Crippen LogP contribution in [0.15, 0.2) is 53.1 Å². The smallest absolute Gasteiger partial charge is 0.227 e. The van der Waals surface area contributed by atoms with Gasteiger partial charge in [-0.2, -0.15) is 5.26 Å². The largest absolute Gasteiger partial charge is 0.436 e. The molecule has 0 aliphatic carbocycles. The third-order valence-electron chi connectivity index (χ3n) is 4.04. The van der Waals surface area contributed by atoms with E-state index in [0.717, 1.165) is 5.56 Å². The monoisotopic (exact) mass is 380 g/mol. The molecule has 0 bridgehead atoms. The molecule has 2 heterocycles. The number of alkyl halides is 1. The molecule has 4 rings (SSSR count). The minimum absolute atomic E-state index is 0.248. The lowest BCUT2D eigenvalue weighted by atomic mass is 9.93. The molecule has 3 nitrogen and oxygen atoms in total.